The smallest absolute Gasteiger partial charge is 0.416 e. The summed E-state index contributed by atoms with van der Waals surface area (Å²) in [4.78, 5) is 28.3. The van der Waals surface area contributed by atoms with Gasteiger partial charge in [0.1, 0.15) is 28.4 Å². The predicted molar refractivity (Wildman–Crippen MR) is 202 cm³/mol. The molecule has 3 aromatic heterocycles. The minimum Gasteiger partial charge on any atom is -0.456 e. The summed E-state index contributed by atoms with van der Waals surface area (Å²) >= 11 is 0. The molecule has 0 atom stereocenters. The van der Waals surface area contributed by atoms with E-state index in [2.05, 4.69) is 15.6 Å². The van der Waals surface area contributed by atoms with Gasteiger partial charge >= 0.3 is 12.4 Å². The highest BCUT2D eigenvalue weighted by Gasteiger charge is 2.31. The average Bonchev–Trinajstić information content (AvgIpc) is 3.80. The third kappa shape index (κ3) is 10.0. The van der Waals surface area contributed by atoms with E-state index in [9.17, 15) is 49.1 Å². The first kappa shape index (κ1) is 41.8. The minimum absolute atomic E-state index is 0.202. The Hall–Kier alpha value is -6.78. The molecule has 0 saturated carbocycles. The largest absolute Gasteiger partial charge is 0.456 e. The van der Waals surface area contributed by atoms with Crippen LogP contribution in [-0.4, -0.2) is 22.5 Å². The third-order valence-corrected chi connectivity index (χ3v) is 8.73. The number of nitrogens with zero attached hydrogens (tertiary/aromatic N) is 1. The van der Waals surface area contributed by atoms with Crippen LogP contribution in [-0.2, 0) is 23.7 Å². The molecule has 0 unspecified atom stereocenters. The number of halogens is 9. The summed E-state index contributed by atoms with van der Waals surface area (Å²) < 4.78 is 128. The molecule has 0 aliphatic carbocycles. The molecule has 8 nitrogen and oxygen atoms in total. The summed E-state index contributed by atoms with van der Waals surface area (Å²) in [6.45, 7) is 1.88. The van der Waals surface area contributed by atoms with Crippen LogP contribution in [0.3, 0.4) is 0 Å². The lowest BCUT2D eigenvalue weighted by atomic mass is 10.1. The number of benzene rings is 4. The molecule has 3 heterocycles. The van der Waals surface area contributed by atoms with E-state index in [-0.39, 0.29) is 23.6 Å². The second-order valence-electron chi connectivity index (χ2n) is 13.6. The average molecular weight is 827 g/mol. The van der Waals surface area contributed by atoms with Crippen molar-refractivity contribution in [3.05, 3.63) is 137 Å². The number of amides is 2. The Morgan fingerprint density at radius 3 is 1.69 bits per heavy atom. The Morgan fingerprint density at radius 1 is 0.695 bits per heavy atom. The summed E-state index contributed by atoms with van der Waals surface area (Å²) in [6, 6.07) is 23.4. The van der Waals surface area contributed by atoms with Gasteiger partial charge in [0, 0.05) is 46.0 Å². The molecule has 0 radical (unpaired) electrons. The van der Waals surface area contributed by atoms with Gasteiger partial charge in [-0.2, -0.15) is 26.3 Å². The Bertz CT molecular complexity index is 2630. The topological polar surface area (TPSA) is 123 Å². The Balaban J connectivity index is 0.000000244. The normalized spacial score (nSPS) is 12.1. The zero-order valence-electron chi connectivity index (χ0n) is 30.7. The fraction of sp³-hybridized carbons (Fsp3) is 0.167. The van der Waals surface area contributed by atoms with Crippen LogP contribution in [0.1, 0.15) is 53.0 Å². The zero-order chi connectivity index (χ0) is 42.9. The minimum atomic E-state index is -4.47. The number of carbonyl (C=O) groups excluding carboxylic acids is 2. The fourth-order valence-corrected chi connectivity index (χ4v) is 5.68. The molecule has 17 heteroatoms. The molecule has 7 rings (SSSR count). The molecule has 0 aliphatic heterocycles. The van der Waals surface area contributed by atoms with E-state index in [4.69, 9.17) is 14.6 Å². The molecule has 0 spiro atoms. The van der Waals surface area contributed by atoms with Crippen molar-refractivity contribution >= 4 is 45.1 Å². The van der Waals surface area contributed by atoms with Crippen molar-refractivity contribution in [3.63, 3.8) is 0 Å². The Morgan fingerprint density at radius 2 is 1.20 bits per heavy atom. The SMILES string of the molecule is CC(C)(F)C(=O)NCc1cnc(C(F)F)c(C(=O)Nc2ccc3oc(-c4ccc(C(F)(F)F)cc4)cc3c2)c1.Nc1ccc2oc(-c3ccc(C(F)(F)F)cc3)cc2c1. The first-order valence-corrected chi connectivity index (χ1v) is 17.4. The third-order valence-electron chi connectivity index (χ3n) is 8.73. The number of nitrogens with one attached hydrogen (secondary N) is 2. The van der Waals surface area contributed by atoms with Crippen LogP contribution in [0, 0.1) is 0 Å². The van der Waals surface area contributed by atoms with E-state index in [1.54, 1.807) is 30.3 Å². The molecule has 0 bridgehead atoms. The predicted octanol–water partition coefficient (Wildman–Crippen LogP) is 11.8. The van der Waals surface area contributed by atoms with Gasteiger partial charge in [0.2, 0.25) is 0 Å². The van der Waals surface area contributed by atoms with Crippen LogP contribution in [0.4, 0.5) is 50.9 Å². The molecule has 4 N–H and O–H groups in total. The van der Waals surface area contributed by atoms with E-state index in [1.165, 1.54) is 42.5 Å². The molecular weight excluding hydrogens is 795 g/mol. The van der Waals surface area contributed by atoms with Crippen LogP contribution < -0.4 is 16.4 Å². The molecule has 0 fully saturated rings. The van der Waals surface area contributed by atoms with E-state index in [1.807, 2.05) is 0 Å². The summed E-state index contributed by atoms with van der Waals surface area (Å²) in [5, 5.41) is 6.14. The monoisotopic (exact) mass is 826 g/mol. The number of nitrogen functional groups attached to an aromatic ring is 1. The number of anilines is 2. The van der Waals surface area contributed by atoms with Gasteiger partial charge in [0.15, 0.2) is 5.67 Å². The number of aromatic nitrogens is 1. The van der Waals surface area contributed by atoms with Crippen molar-refractivity contribution in [2.45, 2.75) is 44.8 Å². The van der Waals surface area contributed by atoms with Crippen LogP contribution in [0.25, 0.3) is 44.6 Å². The quantitative estimate of drug-likeness (QED) is 0.104. The summed E-state index contributed by atoms with van der Waals surface area (Å²) in [5.74, 6) is -1.02. The van der Waals surface area contributed by atoms with E-state index in [0.29, 0.717) is 39.1 Å². The maximum atomic E-state index is 13.7. The van der Waals surface area contributed by atoms with Crippen LogP contribution >= 0.6 is 0 Å². The Kier molecular flexibility index (Phi) is 11.5. The molecule has 59 heavy (non-hydrogen) atoms. The van der Waals surface area contributed by atoms with Crippen LogP contribution in [0.15, 0.2) is 118 Å². The van der Waals surface area contributed by atoms with Crippen molar-refractivity contribution in [1.29, 1.82) is 0 Å². The van der Waals surface area contributed by atoms with Crippen molar-refractivity contribution in [2.75, 3.05) is 11.1 Å². The lowest BCUT2D eigenvalue weighted by Crippen LogP contribution is -2.38. The van der Waals surface area contributed by atoms with Gasteiger partial charge in [0.05, 0.1) is 16.7 Å². The van der Waals surface area contributed by atoms with Crippen molar-refractivity contribution < 1.29 is 57.9 Å². The summed E-state index contributed by atoms with van der Waals surface area (Å²) in [5.41, 5.74) is 3.88. The number of carbonyl (C=O) groups is 2. The lowest BCUT2D eigenvalue weighted by Gasteiger charge is -2.15. The first-order chi connectivity index (χ1) is 27.7. The number of pyridine rings is 1. The highest BCUT2D eigenvalue weighted by molar-refractivity contribution is 6.06. The maximum absolute atomic E-state index is 13.7. The van der Waals surface area contributed by atoms with Crippen molar-refractivity contribution in [2.24, 2.45) is 0 Å². The van der Waals surface area contributed by atoms with Gasteiger partial charge in [-0.3, -0.25) is 14.6 Å². The van der Waals surface area contributed by atoms with Crippen molar-refractivity contribution in [3.8, 4) is 22.6 Å². The van der Waals surface area contributed by atoms with Gasteiger partial charge in [-0.1, -0.05) is 24.3 Å². The molecule has 4 aromatic carbocycles. The fourth-order valence-electron chi connectivity index (χ4n) is 5.68. The highest BCUT2D eigenvalue weighted by Crippen LogP contribution is 2.35. The van der Waals surface area contributed by atoms with Gasteiger partial charge in [-0.05, 0) is 98.3 Å². The van der Waals surface area contributed by atoms with E-state index < -0.39 is 58.6 Å². The van der Waals surface area contributed by atoms with Gasteiger partial charge in [-0.25, -0.2) is 13.2 Å². The summed E-state index contributed by atoms with van der Waals surface area (Å²) in [7, 11) is 0. The number of rotatable bonds is 8. The Labute approximate surface area is 328 Å². The van der Waals surface area contributed by atoms with Crippen molar-refractivity contribution in [1.82, 2.24) is 10.3 Å². The molecular formula is C42H31F9N4O4. The molecule has 0 saturated heterocycles. The number of nitrogens with two attached hydrogens (primary N) is 1. The van der Waals surface area contributed by atoms with E-state index in [0.717, 1.165) is 55.8 Å². The van der Waals surface area contributed by atoms with E-state index >= 15 is 0 Å². The molecule has 306 valence electrons. The molecule has 2 amide bonds. The van der Waals surface area contributed by atoms with Crippen LogP contribution in [0.5, 0.6) is 0 Å². The number of furan rings is 2. The van der Waals surface area contributed by atoms with Gasteiger partial charge in [-0.15, -0.1) is 0 Å². The van der Waals surface area contributed by atoms with Crippen LogP contribution in [0.2, 0.25) is 0 Å². The number of hydrogen-bond donors (Lipinski definition) is 3. The molecule has 0 aliphatic rings. The zero-order valence-corrected chi connectivity index (χ0v) is 30.7. The number of fused-ring (bicyclic) bond motifs is 2. The number of hydrogen-bond acceptors (Lipinski definition) is 6. The van der Waals surface area contributed by atoms with Gasteiger partial charge < -0.3 is 25.2 Å². The lowest BCUT2D eigenvalue weighted by molar-refractivity contribution is -0.138. The standard InChI is InChI=1S/C27H21F6N3O3.C15H10F3NO/c1-26(2,30)25(38)35-13-14-9-19(22(23(28)29)34-12-14)24(37)36-18-7-8-20-16(10-18)11-21(39-20)15-3-5-17(6-4-15)27(31,32)33;16-15(17,18)11-3-1-9(2-4-11)14-8-10-7-12(19)5-6-13(10)20-14/h3-12,23H,13H2,1-2H3,(H,35,38)(H,36,37);1-8H,19H2. The highest BCUT2D eigenvalue weighted by atomic mass is 19.4. The summed E-state index contributed by atoms with van der Waals surface area (Å²) in [6.07, 6.45) is -10.8. The number of alkyl halides is 9. The van der Waals surface area contributed by atoms with Gasteiger partial charge in [0.25, 0.3) is 18.2 Å². The molecule has 7 aromatic rings. The second kappa shape index (κ2) is 16.2. The maximum Gasteiger partial charge on any atom is 0.416 e. The first-order valence-electron chi connectivity index (χ1n) is 17.4. The second-order valence-corrected chi connectivity index (χ2v) is 13.6.